The number of rotatable bonds is 8. The number of allylic oxidation sites excluding steroid dienone is 4. The average molecular weight is 745 g/mol. The highest BCUT2D eigenvalue weighted by Gasteiger charge is 2.17. The van der Waals surface area contributed by atoms with Gasteiger partial charge in [0.05, 0.1) is 22.1 Å². The Morgan fingerprint density at radius 1 is 0.397 bits per heavy atom. The summed E-state index contributed by atoms with van der Waals surface area (Å²) in [7, 11) is 0. The highest BCUT2D eigenvalue weighted by Crippen LogP contribution is 2.39. The standard InChI is InChI=1S/C56H44N2/c1-4-5-21-48(38(2)3)45-19-14-20-47(35-45)58-54-25-12-10-23-50(54)52-37-44(29-33-56(52)58)43-28-32-55-51(36-43)49-22-9-11-24-53(49)57(55)46-30-26-40(27-31-46)42-18-13-17-41(34-42)39-15-7-6-8-16-39/h4-38H,1-3H3/b5-4-,48-21+. The molecule has 2 heterocycles. The molecule has 2 aromatic heterocycles. The van der Waals surface area contributed by atoms with Gasteiger partial charge >= 0.3 is 0 Å². The molecular weight excluding hydrogens is 701 g/mol. The number of nitrogens with zero attached hydrogens (tertiary/aromatic N) is 2. The van der Waals surface area contributed by atoms with Crippen LogP contribution in [0.25, 0.3) is 93.9 Å². The molecular formula is C56H44N2. The van der Waals surface area contributed by atoms with Crippen LogP contribution in [0.1, 0.15) is 26.3 Å². The van der Waals surface area contributed by atoms with Crippen LogP contribution < -0.4 is 0 Å². The van der Waals surface area contributed by atoms with E-state index in [0.717, 1.165) is 5.69 Å². The minimum Gasteiger partial charge on any atom is -0.309 e. The van der Waals surface area contributed by atoms with Gasteiger partial charge in [-0.15, -0.1) is 0 Å². The number of fused-ring (bicyclic) bond motifs is 6. The average Bonchev–Trinajstić information content (AvgIpc) is 3.79. The smallest absolute Gasteiger partial charge is 0.0541 e. The zero-order valence-electron chi connectivity index (χ0n) is 33.1. The third-order valence-corrected chi connectivity index (χ3v) is 11.6. The van der Waals surface area contributed by atoms with E-state index in [0.29, 0.717) is 5.92 Å². The molecule has 0 saturated carbocycles. The minimum atomic E-state index is 0.410. The van der Waals surface area contributed by atoms with Gasteiger partial charge in [0.1, 0.15) is 0 Å². The molecule has 2 heteroatoms. The van der Waals surface area contributed by atoms with Gasteiger partial charge in [-0.25, -0.2) is 0 Å². The maximum Gasteiger partial charge on any atom is 0.0541 e. The first-order valence-corrected chi connectivity index (χ1v) is 20.3. The Labute approximate surface area is 340 Å². The predicted octanol–water partition coefficient (Wildman–Crippen LogP) is 15.5. The highest BCUT2D eigenvalue weighted by molar-refractivity contribution is 6.12. The first kappa shape index (κ1) is 35.3. The second-order valence-electron chi connectivity index (χ2n) is 15.5. The predicted molar refractivity (Wildman–Crippen MR) is 249 cm³/mol. The fraction of sp³-hybridized carbons (Fsp3) is 0.0714. The summed E-state index contributed by atoms with van der Waals surface area (Å²) in [6.07, 6.45) is 6.49. The molecule has 0 aliphatic heterocycles. The molecule has 0 unspecified atom stereocenters. The van der Waals surface area contributed by atoms with E-state index in [1.165, 1.54) is 93.8 Å². The van der Waals surface area contributed by atoms with Gasteiger partial charge in [-0.05, 0) is 124 Å². The summed E-state index contributed by atoms with van der Waals surface area (Å²) in [5, 5.41) is 5.01. The lowest BCUT2D eigenvalue weighted by atomic mass is 9.94. The molecule has 0 radical (unpaired) electrons. The van der Waals surface area contributed by atoms with Gasteiger partial charge in [-0.1, -0.05) is 153 Å². The van der Waals surface area contributed by atoms with Crippen LogP contribution in [0, 0.1) is 5.92 Å². The van der Waals surface area contributed by atoms with Crippen molar-refractivity contribution in [2.45, 2.75) is 20.8 Å². The first-order valence-electron chi connectivity index (χ1n) is 20.3. The van der Waals surface area contributed by atoms with Gasteiger partial charge < -0.3 is 9.13 Å². The van der Waals surface area contributed by atoms with E-state index in [1.54, 1.807) is 0 Å². The first-order chi connectivity index (χ1) is 28.6. The van der Waals surface area contributed by atoms with Crippen LogP contribution in [-0.2, 0) is 0 Å². The Morgan fingerprint density at radius 2 is 0.879 bits per heavy atom. The molecule has 0 amide bonds. The van der Waals surface area contributed by atoms with Crippen LogP contribution >= 0.6 is 0 Å². The van der Waals surface area contributed by atoms with E-state index in [1.807, 2.05) is 0 Å². The quantitative estimate of drug-likeness (QED) is 0.137. The molecule has 10 aromatic rings. The molecule has 0 saturated heterocycles. The van der Waals surface area contributed by atoms with Gasteiger partial charge in [0, 0.05) is 32.9 Å². The summed E-state index contributed by atoms with van der Waals surface area (Å²) in [5.41, 5.74) is 17.0. The zero-order chi connectivity index (χ0) is 39.2. The van der Waals surface area contributed by atoms with E-state index in [9.17, 15) is 0 Å². The van der Waals surface area contributed by atoms with Crippen LogP contribution in [0.3, 0.4) is 0 Å². The second kappa shape index (κ2) is 14.7. The molecule has 278 valence electrons. The SMILES string of the molecule is C/C=C\C=C(\c1cccc(-n2c3ccccc3c3cc(-c4ccc5c(c4)c4ccccc4n5-c4ccc(-c5cccc(-c6ccccc6)c5)cc4)ccc32)c1)C(C)C. The second-order valence-corrected chi connectivity index (χ2v) is 15.5. The fourth-order valence-electron chi connectivity index (χ4n) is 8.82. The van der Waals surface area contributed by atoms with Crippen molar-refractivity contribution in [1.29, 1.82) is 0 Å². The number of hydrogen-bond donors (Lipinski definition) is 0. The third kappa shape index (κ3) is 6.15. The molecule has 0 bridgehead atoms. The molecule has 10 rings (SSSR count). The summed E-state index contributed by atoms with van der Waals surface area (Å²) in [5.74, 6) is 0.410. The van der Waals surface area contributed by atoms with Crippen LogP contribution in [0.5, 0.6) is 0 Å². The molecule has 8 aromatic carbocycles. The van der Waals surface area contributed by atoms with Gasteiger partial charge in [0.25, 0.3) is 0 Å². The maximum atomic E-state index is 2.42. The van der Waals surface area contributed by atoms with Crippen molar-refractivity contribution in [2.75, 3.05) is 0 Å². The Balaban J connectivity index is 1.05. The Bertz CT molecular complexity index is 3190. The van der Waals surface area contributed by atoms with Crippen molar-refractivity contribution in [2.24, 2.45) is 5.92 Å². The van der Waals surface area contributed by atoms with Gasteiger partial charge in [0.15, 0.2) is 0 Å². The van der Waals surface area contributed by atoms with Crippen LogP contribution in [0.2, 0.25) is 0 Å². The van der Waals surface area contributed by atoms with Crippen LogP contribution in [0.4, 0.5) is 0 Å². The number of para-hydroxylation sites is 2. The maximum absolute atomic E-state index is 2.42. The van der Waals surface area contributed by atoms with Crippen molar-refractivity contribution in [3.8, 4) is 44.8 Å². The molecule has 0 N–H and O–H groups in total. The van der Waals surface area contributed by atoms with Crippen molar-refractivity contribution in [1.82, 2.24) is 9.13 Å². The molecule has 0 atom stereocenters. The van der Waals surface area contributed by atoms with E-state index in [2.05, 4.69) is 236 Å². The minimum absolute atomic E-state index is 0.410. The van der Waals surface area contributed by atoms with Crippen molar-refractivity contribution in [3.05, 3.63) is 212 Å². The molecule has 2 nitrogen and oxygen atoms in total. The number of hydrogen-bond acceptors (Lipinski definition) is 0. The Morgan fingerprint density at radius 3 is 1.48 bits per heavy atom. The molecule has 58 heavy (non-hydrogen) atoms. The summed E-state index contributed by atoms with van der Waals surface area (Å²) in [6, 6.07) is 69.0. The van der Waals surface area contributed by atoms with E-state index >= 15 is 0 Å². The molecule has 0 fully saturated rings. The number of aromatic nitrogens is 2. The van der Waals surface area contributed by atoms with Crippen molar-refractivity contribution in [3.63, 3.8) is 0 Å². The lowest BCUT2D eigenvalue weighted by Crippen LogP contribution is -1.98. The molecule has 0 spiro atoms. The largest absolute Gasteiger partial charge is 0.309 e. The Hall–Kier alpha value is -7.16. The fourth-order valence-corrected chi connectivity index (χ4v) is 8.82. The van der Waals surface area contributed by atoms with Crippen LogP contribution in [-0.4, -0.2) is 9.13 Å². The highest BCUT2D eigenvalue weighted by atomic mass is 15.0. The van der Waals surface area contributed by atoms with E-state index in [4.69, 9.17) is 0 Å². The van der Waals surface area contributed by atoms with E-state index in [-0.39, 0.29) is 0 Å². The summed E-state index contributed by atoms with van der Waals surface area (Å²) >= 11 is 0. The monoisotopic (exact) mass is 744 g/mol. The number of benzene rings is 8. The topological polar surface area (TPSA) is 9.86 Å². The van der Waals surface area contributed by atoms with Gasteiger partial charge in [0.2, 0.25) is 0 Å². The van der Waals surface area contributed by atoms with Crippen molar-refractivity contribution >= 4 is 49.2 Å². The summed E-state index contributed by atoms with van der Waals surface area (Å²) in [6.45, 7) is 6.60. The zero-order valence-corrected chi connectivity index (χ0v) is 33.1. The van der Waals surface area contributed by atoms with Gasteiger partial charge in [-0.3, -0.25) is 0 Å². The summed E-state index contributed by atoms with van der Waals surface area (Å²) < 4.78 is 4.83. The van der Waals surface area contributed by atoms with Gasteiger partial charge in [-0.2, -0.15) is 0 Å². The van der Waals surface area contributed by atoms with Crippen LogP contribution in [0.15, 0.2) is 206 Å². The molecule has 0 aliphatic carbocycles. The third-order valence-electron chi connectivity index (χ3n) is 11.6. The van der Waals surface area contributed by atoms with Crippen molar-refractivity contribution < 1.29 is 0 Å². The Kier molecular flexibility index (Phi) is 8.96. The lowest BCUT2D eigenvalue weighted by molar-refractivity contribution is 0.855. The molecule has 0 aliphatic rings. The van der Waals surface area contributed by atoms with E-state index < -0.39 is 0 Å². The summed E-state index contributed by atoms with van der Waals surface area (Å²) in [4.78, 5) is 0. The normalized spacial score (nSPS) is 12.2. The lowest BCUT2D eigenvalue weighted by Gasteiger charge is -2.14.